The minimum Gasteiger partial charge on any atom is -0.481 e. The number of nitrogens with zero attached hydrogens (tertiary/aromatic N) is 3. The number of hydrogen-bond acceptors (Lipinski definition) is 3. The number of hydrogen-bond donors (Lipinski definition) is 1. The zero-order valence-corrected chi connectivity index (χ0v) is 11.7. The normalized spacial score (nSPS) is 22.4. The van der Waals surface area contributed by atoms with Gasteiger partial charge in [-0.2, -0.15) is 5.10 Å². The second-order valence-corrected chi connectivity index (χ2v) is 5.42. The molecule has 0 spiro atoms. The third-order valence-electron chi connectivity index (χ3n) is 4.03. The highest BCUT2D eigenvalue weighted by Gasteiger charge is 2.30. The van der Waals surface area contributed by atoms with Gasteiger partial charge in [-0.3, -0.25) is 14.3 Å². The largest absolute Gasteiger partial charge is 0.481 e. The van der Waals surface area contributed by atoms with Crippen molar-refractivity contribution in [1.82, 2.24) is 14.7 Å². The van der Waals surface area contributed by atoms with E-state index >= 15 is 0 Å². The van der Waals surface area contributed by atoms with E-state index in [-0.39, 0.29) is 17.7 Å². The van der Waals surface area contributed by atoms with E-state index in [0.29, 0.717) is 38.8 Å². The van der Waals surface area contributed by atoms with Crippen molar-refractivity contribution in [2.24, 2.45) is 11.8 Å². The van der Waals surface area contributed by atoms with E-state index < -0.39 is 5.97 Å². The lowest BCUT2D eigenvalue weighted by molar-refractivity contribution is -0.145. The first kappa shape index (κ1) is 14.6. The van der Waals surface area contributed by atoms with Crippen molar-refractivity contribution in [3.63, 3.8) is 0 Å². The quantitative estimate of drug-likeness (QED) is 0.879. The molecule has 6 nitrogen and oxygen atoms in total. The molecule has 0 aromatic carbocycles. The third kappa shape index (κ3) is 3.59. The van der Waals surface area contributed by atoms with E-state index in [0.717, 1.165) is 0 Å². The predicted molar refractivity (Wildman–Crippen MR) is 72.9 cm³/mol. The number of carboxylic acids is 1. The van der Waals surface area contributed by atoms with Crippen LogP contribution in [0.25, 0.3) is 0 Å². The van der Waals surface area contributed by atoms with Gasteiger partial charge in [0.2, 0.25) is 5.91 Å². The van der Waals surface area contributed by atoms with E-state index in [9.17, 15) is 9.59 Å². The fraction of sp³-hybridized carbons (Fsp3) is 0.643. The number of amides is 1. The average molecular weight is 279 g/mol. The number of carbonyl (C=O) groups excluding carboxylic acids is 1. The lowest BCUT2D eigenvalue weighted by atomic mass is 9.81. The van der Waals surface area contributed by atoms with Gasteiger partial charge in [0.15, 0.2) is 0 Å². The molecule has 1 aliphatic carbocycles. The van der Waals surface area contributed by atoms with Crippen LogP contribution in [0.2, 0.25) is 0 Å². The summed E-state index contributed by atoms with van der Waals surface area (Å²) in [6.07, 6.45) is 6.17. The van der Waals surface area contributed by atoms with E-state index in [1.807, 2.05) is 12.3 Å². The number of carboxylic acid groups (broad SMARTS) is 1. The van der Waals surface area contributed by atoms with Crippen molar-refractivity contribution in [2.45, 2.75) is 32.2 Å². The molecule has 0 radical (unpaired) electrons. The minimum absolute atomic E-state index is 0.0202. The average Bonchev–Trinajstić information content (AvgIpc) is 2.97. The van der Waals surface area contributed by atoms with Crippen molar-refractivity contribution in [3.8, 4) is 0 Å². The summed E-state index contributed by atoms with van der Waals surface area (Å²) in [7, 11) is 1.80. The van der Waals surface area contributed by atoms with Gasteiger partial charge < -0.3 is 10.0 Å². The van der Waals surface area contributed by atoms with Gasteiger partial charge in [0.25, 0.3) is 0 Å². The van der Waals surface area contributed by atoms with Crippen LogP contribution in [-0.2, 0) is 16.1 Å². The molecule has 0 unspecified atom stereocenters. The Morgan fingerprint density at radius 2 is 1.95 bits per heavy atom. The Balaban J connectivity index is 1.77. The molecular formula is C14H21N3O3. The second kappa shape index (κ2) is 6.54. The molecule has 2 rings (SSSR count). The zero-order valence-electron chi connectivity index (χ0n) is 11.7. The topological polar surface area (TPSA) is 75.4 Å². The number of likely N-dealkylation sites (N-methyl/N-ethyl adjacent to an activating group) is 1. The molecule has 1 aromatic heterocycles. The Hall–Kier alpha value is -1.85. The first-order chi connectivity index (χ1) is 9.58. The first-order valence-corrected chi connectivity index (χ1v) is 7.03. The van der Waals surface area contributed by atoms with Crippen LogP contribution >= 0.6 is 0 Å². The Kier molecular flexibility index (Phi) is 4.76. The molecule has 0 saturated heterocycles. The van der Waals surface area contributed by atoms with Gasteiger partial charge in [0, 0.05) is 31.9 Å². The molecule has 110 valence electrons. The van der Waals surface area contributed by atoms with Crippen LogP contribution in [-0.4, -0.2) is 45.3 Å². The maximum absolute atomic E-state index is 12.3. The second-order valence-electron chi connectivity index (χ2n) is 5.42. The van der Waals surface area contributed by atoms with Crippen molar-refractivity contribution >= 4 is 11.9 Å². The number of carbonyl (C=O) groups is 2. The fourth-order valence-corrected chi connectivity index (χ4v) is 2.69. The molecular weight excluding hydrogens is 258 g/mol. The molecule has 1 amide bonds. The summed E-state index contributed by atoms with van der Waals surface area (Å²) in [5, 5.41) is 13.1. The minimum atomic E-state index is -0.733. The maximum Gasteiger partial charge on any atom is 0.306 e. The van der Waals surface area contributed by atoms with Gasteiger partial charge in [0.05, 0.1) is 12.5 Å². The highest BCUT2D eigenvalue weighted by molar-refractivity contribution is 5.79. The van der Waals surface area contributed by atoms with Gasteiger partial charge in [-0.25, -0.2) is 0 Å². The van der Waals surface area contributed by atoms with E-state index in [4.69, 9.17) is 5.11 Å². The molecule has 0 atom stereocenters. The summed E-state index contributed by atoms with van der Waals surface area (Å²) in [6.45, 7) is 1.30. The van der Waals surface area contributed by atoms with Crippen molar-refractivity contribution in [2.75, 3.05) is 13.6 Å². The maximum atomic E-state index is 12.3. The number of aliphatic carboxylic acids is 1. The summed E-state index contributed by atoms with van der Waals surface area (Å²) in [5.74, 6) is -0.898. The summed E-state index contributed by atoms with van der Waals surface area (Å²) in [6, 6.07) is 1.86. The van der Waals surface area contributed by atoms with Gasteiger partial charge in [-0.05, 0) is 31.7 Å². The SMILES string of the molecule is CN(CCn1cccn1)C(=O)C1CCC(C(=O)O)CC1. The smallest absolute Gasteiger partial charge is 0.306 e. The van der Waals surface area contributed by atoms with Crippen LogP contribution in [0.3, 0.4) is 0 Å². The molecule has 6 heteroatoms. The Bertz CT molecular complexity index is 450. The summed E-state index contributed by atoms with van der Waals surface area (Å²) < 4.78 is 1.80. The molecule has 1 aromatic rings. The molecule has 1 saturated carbocycles. The van der Waals surface area contributed by atoms with Crippen LogP contribution in [0, 0.1) is 11.8 Å². The molecule has 1 fully saturated rings. The van der Waals surface area contributed by atoms with Gasteiger partial charge in [-0.1, -0.05) is 0 Å². The molecule has 1 aliphatic rings. The van der Waals surface area contributed by atoms with E-state index in [2.05, 4.69) is 5.10 Å². The molecule has 1 heterocycles. The Labute approximate surface area is 118 Å². The van der Waals surface area contributed by atoms with Gasteiger partial charge >= 0.3 is 5.97 Å². The fourth-order valence-electron chi connectivity index (χ4n) is 2.69. The summed E-state index contributed by atoms with van der Waals surface area (Å²) in [4.78, 5) is 24.9. The summed E-state index contributed by atoms with van der Waals surface area (Å²) in [5.41, 5.74) is 0. The van der Waals surface area contributed by atoms with Gasteiger partial charge in [0.1, 0.15) is 0 Å². The molecule has 1 N–H and O–H groups in total. The molecule has 0 aliphatic heterocycles. The van der Waals surface area contributed by atoms with Crippen molar-refractivity contribution < 1.29 is 14.7 Å². The zero-order chi connectivity index (χ0) is 14.5. The highest BCUT2D eigenvalue weighted by atomic mass is 16.4. The number of aromatic nitrogens is 2. The third-order valence-corrected chi connectivity index (χ3v) is 4.03. The van der Waals surface area contributed by atoms with Crippen molar-refractivity contribution in [3.05, 3.63) is 18.5 Å². The lowest BCUT2D eigenvalue weighted by Crippen LogP contribution is -2.37. The van der Waals surface area contributed by atoms with Crippen LogP contribution in [0.4, 0.5) is 0 Å². The predicted octanol–water partition coefficient (Wildman–Crippen LogP) is 1.23. The molecule has 0 bridgehead atoms. The Morgan fingerprint density at radius 3 is 2.50 bits per heavy atom. The molecule has 20 heavy (non-hydrogen) atoms. The van der Waals surface area contributed by atoms with Crippen LogP contribution in [0.15, 0.2) is 18.5 Å². The van der Waals surface area contributed by atoms with E-state index in [1.54, 1.807) is 22.8 Å². The lowest BCUT2D eigenvalue weighted by Gasteiger charge is -2.28. The standard InChI is InChI=1S/C14H21N3O3/c1-16(9-10-17-8-2-7-15-17)13(18)11-3-5-12(6-4-11)14(19)20/h2,7-8,11-12H,3-6,9-10H2,1H3,(H,19,20). The Morgan fingerprint density at radius 1 is 1.30 bits per heavy atom. The van der Waals surface area contributed by atoms with E-state index in [1.165, 1.54) is 0 Å². The van der Waals surface area contributed by atoms with Crippen LogP contribution < -0.4 is 0 Å². The van der Waals surface area contributed by atoms with Gasteiger partial charge in [-0.15, -0.1) is 0 Å². The van der Waals surface area contributed by atoms with Crippen LogP contribution in [0.1, 0.15) is 25.7 Å². The number of rotatable bonds is 5. The van der Waals surface area contributed by atoms with Crippen LogP contribution in [0.5, 0.6) is 0 Å². The highest BCUT2D eigenvalue weighted by Crippen LogP contribution is 2.29. The summed E-state index contributed by atoms with van der Waals surface area (Å²) >= 11 is 0. The first-order valence-electron chi connectivity index (χ1n) is 7.03. The van der Waals surface area contributed by atoms with Crippen molar-refractivity contribution in [1.29, 1.82) is 0 Å². The monoisotopic (exact) mass is 279 g/mol.